The Bertz CT molecular complexity index is 241. The number of hydrogen-bond donors (Lipinski definition) is 3. The second-order valence-corrected chi connectivity index (χ2v) is 3.15. The van der Waals surface area contributed by atoms with E-state index in [1.54, 1.807) is 12.4 Å². The number of nitrogens with one attached hydrogen (secondary N) is 1. The number of pyridine rings is 1. The van der Waals surface area contributed by atoms with Crippen molar-refractivity contribution >= 4 is 0 Å². The van der Waals surface area contributed by atoms with Crippen molar-refractivity contribution in [1.82, 2.24) is 10.3 Å². The van der Waals surface area contributed by atoms with Crippen molar-refractivity contribution in [1.29, 1.82) is 0 Å². The first-order valence-corrected chi connectivity index (χ1v) is 4.71. The molecule has 0 amide bonds. The van der Waals surface area contributed by atoms with Crippen molar-refractivity contribution in [2.24, 2.45) is 0 Å². The van der Waals surface area contributed by atoms with Gasteiger partial charge in [-0.15, -0.1) is 0 Å². The van der Waals surface area contributed by atoms with Gasteiger partial charge in [0.1, 0.15) is 0 Å². The van der Waals surface area contributed by atoms with Gasteiger partial charge in [0.25, 0.3) is 0 Å². The molecule has 78 valence electrons. The minimum absolute atomic E-state index is 0.192. The minimum Gasteiger partial charge on any atom is -0.394 e. The first-order chi connectivity index (χ1) is 6.83. The third-order valence-electron chi connectivity index (χ3n) is 1.93. The number of aliphatic hydroxyl groups is 2. The number of rotatable bonds is 6. The van der Waals surface area contributed by atoms with Crippen LogP contribution in [0.4, 0.5) is 0 Å². The van der Waals surface area contributed by atoms with Crippen LogP contribution in [0.15, 0.2) is 24.5 Å². The SMILES string of the molecule is OCC(O)CNCCc1ccncc1. The van der Waals surface area contributed by atoms with E-state index < -0.39 is 6.10 Å². The highest BCUT2D eigenvalue weighted by Crippen LogP contribution is 1.95. The van der Waals surface area contributed by atoms with Gasteiger partial charge in [-0.1, -0.05) is 0 Å². The molecule has 1 aromatic rings. The van der Waals surface area contributed by atoms with Crippen molar-refractivity contribution < 1.29 is 10.2 Å². The Morgan fingerprint density at radius 1 is 1.36 bits per heavy atom. The van der Waals surface area contributed by atoms with Gasteiger partial charge in [-0.25, -0.2) is 0 Å². The van der Waals surface area contributed by atoms with E-state index in [0.29, 0.717) is 6.54 Å². The number of aliphatic hydroxyl groups excluding tert-OH is 2. The standard InChI is InChI=1S/C10H16N2O2/c13-8-10(14)7-12-6-3-9-1-4-11-5-2-9/h1-2,4-5,10,12-14H,3,6-8H2. The van der Waals surface area contributed by atoms with E-state index >= 15 is 0 Å². The molecule has 0 bridgehead atoms. The maximum Gasteiger partial charge on any atom is 0.0894 e. The second kappa shape index (κ2) is 6.48. The Morgan fingerprint density at radius 3 is 2.71 bits per heavy atom. The highest BCUT2D eigenvalue weighted by molar-refractivity contribution is 5.09. The van der Waals surface area contributed by atoms with Gasteiger partial charge in [0.2, 0.25) is 0 Å². The zero-order chi connectivity index (χ0) is 10.2. The fourth-order valence-corrected chi connectivity index (χ4v) is 1.12. The Balaban J connectivity index is 2.10. The van der Waals surface area contributed by atoms with Crippen molar-refractivity contribution in [3.05, 3.63) is 30.1 Å². The largest absolute Gasteiger partial charge is 0.394 e. The Labute approximate surface area is 83.6 Å². The summed E-state index contributed by atoms with van der Waals surface area (Å²) in [6.45, 7) is 1.03. The third-order valence-corrected chi connectivity index (χ3v) is 1.93. The molecule has 4 nitrogen and oxygen atoms in total. The van der Waals surface area contributed by atoms with E-state index in [2.05, 4.69) is 10.3 Å². The maximum absolute atomic E-state index is 9.03. The smallest absolute Gasteiger partial charge is 0.0894 e. The van der Waals surface area contributed by atoms with Crippen molar-refractivity contribution in [2.45, 2.75) is 12.5 Å². The summed E-state index contributed by atoms with van der Waals surface area (Å²) in [5.41, 5.74) is 1.21. The van der Waals surface area contributed by atoms with Crippen LogP contribution in [0.25, 0.3) is 0 Å². The number of hydrogen-bond acceptors (Lipinski definition) is 4. The molecule has 0 radical (unpaired) electrons. The molecule has 3 N–H and O–H groups in total. The van der Waals surface area contributed by atoms with E-state index in [-0.39, 0.29) is 6.61 Å². The normalized spacial score (nSPS) is 12.7. The highest BCUT2D eigenvalue weighted by atomic mass is 16.3. The third kappa shape index (κ3) is 4.32. The molecule has 0 saturated carbocycles. The summed E-state index contributed by atoms with van der Waals surface area (Å²) in [7, 11) is 0. The molecule has 1 heterocycles. The summed E-state index contributed by atoms with van der Waals surface area (Å²) in [6, 6.07) is 3.92. The lowest BCUT2D eigenvalue weighted by Gasteiger charge is -2.08. The van der Waals surface area contributed by atoms with Crippen molar-refractivity contribution in [3.8, 4) is 0 Å². The van der Waals surface area contributed by atoms with Gasteiger partial charge in [0.05, 0.1) is 12.7 Å². The molecule has 1 atom stereocenters. The molecule has 0 spiro atoms. The van der Waals surface area contributed by atoms with Crippen LogP contribution in [-0.2, 0) is 6.42 Å². The van der Waals surface area contributed by atoms with Gasteiger partial charge in [0.15, 0.2) is 0 Å². The topological polar surface area (TPSA) is 65.4 Å². The van der Waals surface area contributed by atoms with Gasteiger partial charge in [-0.2, -0.15) is 0 Å². The van der Waals surface area contributed by atoms with Crippen LogP contribution in [0.2, 0.25) is 0 Å². The second-order valence-electron chi connectivity index (χ2n) is 3.15. The molecule has 0 fully saturated rings. The Morgan fingerprint density at radius 2 is 2.07 bits per heavy atom. The summed E-state index contributed by atoms with van der Waals surface area (Å²) in [4.78, 5) is 3.92. The zero-order valence-electron chi connectivity index (χ0n) is 8.06. The van der Waals surface area contributed by atoms with E-state index in [1.165, 1.54) is 5.56 Å². The lowest BCUT2D eigenvalue weighted by Crippen LogP contribution is -2.30. The van der Waals surface area contributed by atoms with Gasteiger partial charge in [-0.05, 0) is 30.7 Å². The molecule has 1 unspecified atom stereocenters. The average molecular weight is 196 g/mol. The molecule has 0 aliphatic rings. The zero-order valence-corrected chi connectivity index (χ0v) is 8.06. The fourth-order valence-electron chi connectivity index (χ4n) is 1.12. The van der Waals surface area contributed by atoms with Crippen LogP contribution in [0.1, 0.15) is 5.56 Å². The lowest BCUT2D eigenvalue weighted by molar-refractivity contribution is 0.0947. The molecular weight excluding hydrogens is 180 g/mol. The van der Waals surface area contributed by atoms with E-state index in [0.717, 1.165) is 13.0 Å². The maximum atomic E-state index is 9.03. The molecule has 4 heteroatoms. The first-order valence-electron chi connectivity index (χ1n) is 4.71. The Hall–Kier alpha value is -0.970. The van der Waals surface area contributed by atoms with Gasteiger partial charge in [0, 0.05) is 18.9 Å². The molecule has 14 heavy (non-hydrogen) atoms. The van der Waals surface area contributed by atoms with E-state index in [9.17, 15) is 0 Å². The first kappa shape index (κ1) is 11.1. The summed E-state index contributed by atoms with van der Waals surface area (Å²) < 4.78 is 0. The summed E-state index contributed by atoms with van der Waals surface area (Å²) >= 11 is 0. The van der Waals surface area contributed by atoms with Crippen LogP contribution in [0, 0.1) is 0 Å². The fraction of sp³-hybridized carbons (Fsp3) is 0.500. The van der Waals surface area contributed by atoms with Crippen LogP contribution >= 0.6 is 0 Å². The van der Waals surface area contributed by atoms with Gasteiger partial charge >= 0.3 is 0 Å². The predicted octanol–water partition coefficient (Wildman–Crippen LogP) is -0.433. The molecule has 0 aliphatic carbocycles. The molecule has 0 aliphatic heterocycles. The van der Waals surface area contributed by atoms with Crippen LogP contribution in [-0.4, -0.2) is 41.0 Å². The minimum atomic E-state index is -0.660. The van der Waals surface area contributed by atoms with E-state index in [4.69, 9.17) is 10.2 Å². The molecular formula is C10H16N2O2. The van der Waals surface area contributed by atoms with Crippen molar-refractivity contribution in [3.63, 3.8) is 0 Å². The van der Waals surface area contributed by atoms with Crippen LogP contribution in [0.5, 0.6) is 0 Å². The summed E-state index contributed by atoms with van der Waals surface area (Å²) in [6.07, 6.45) is 3.77. The molecule has 1 aromatic heterocycles. The van der Waals surface area contributed by atoms with Crippen LogP contribution in [0.3, 0.4) is 0 Å². The summed E-state index contributed by atoms with van der Waals surface area (Å²) in [5, 5.41) is 20.6. The predicted molar refractivity (Wildman–Crippen MR) is 53.9 cm³/mol. The molecule has 0 saturated heterocycles. The average Bonchev–Trinajstić information content (AvgIpc) is 2.25. The quantitative estimate of drug-likeness (QED) is 0.540. The number of nitrogens with zero attached hydrogens (tertiary/aromatic N) is 1. The molecule has 1 rings (SSSR count). The van der Waals surface area contributed by atoms with Gasteiger partial charge in [-0.3, -0.25) is 4.98 Å². The van der Waals surface area contributed by atoms with E-state index in [1.807, 2.05) is 12.1 Å². The highest BCUT2D eigenvalue weighted by Gasteiger charge is 1.99. The lowest BCUT2D eigenvalue weighted by atomic mass is 10.2. The number of aromatic nitrogens is 1. The monoisotopic (exact) mass is 196 g/mol. The molecule has 0 aromatic carbocycles. The van der Waals surface area contributed by atoms with Crippen molar-refractivity contribution in [2.75, 3.05) is 19.7 Å². The van der Waals surface area contributed by atoms with Crippen LogP contribution < -0.4 is 5.32 Å². The summed E-state index contributed by atoms with van der Waals surface area (Å²) in [5.74, 6) is 0. The van der Waals surface area contributed by atoms with Gasteiger partial charge < -0.3 is 15.5 Å². The Kier molecular flexibility index (Phi) is 5.14.